The Hall–Kier alpha value is -1.30. The van der Waals surface area contributed by atoms with Crippen molar-refractivity contribution in [2.75, 3.05) is 165 Å². The van der Waals surface area contributed by atoms with Gasteiger partial charge in [-0.3, -0.25) is 0 Å². The van der Waals surface area contributed by atoms with E-state index < -0.39 is 0 Å². The number of hydrogen-bond donors (Lipinski definition) is 0. The smallest absolute Gasteiger partial charge is 0.0718 e. The van der Waals surface area contributed by atoms with Crippen LogP contribution in [-0.4, -0.2) is 165 Å². The molecule has 0 fully saturated rings. The van der Waals surface area contributed by atoms with E-state index in [2.05, 4.69) is 6.92 Å². The van der Waals surface area contributed by atoms with Crippen LogP contribution in [0.4, 0.5) is 0 Å². The molecule has 0 heterocycles. The molecule has 0 saturated carbocycles. The summed E-state index contributed by atoms with van der Waals surface area (Å²) in [6.45, 7) is 16.6. The van der Waals surface area contributed by atoms with Crippen molar-refractivity contribution in [2.24, 2.45) is 0 Å². The van der Waals surface area contributed by atoms with Gasteiger partial charge in [0.2, 0.25) is 0 Å². The van der Waals surface area contributed by atoms with Crippen molar-refractivity contribution in [1.82, 2.24) is 0 Å². The number of hydrogen-bond acceptors (Lipinski definition) is 13. The number of unbranched alkanes of at least 4 members (excludes halogenated alkanes) is 9. The van der Waals surface area contributed by atoms with Crippen molar-refractivity contribution in [3.8, 4) is 0 Å². The summed E-state index contributed by atoms with van der Waals surface area (Å²) >= 11 is 0. The summed E-state index contributed by atoms with van der Waals surface area (Å²) in [5.41, 5.74) is 1.16. The maximum Gasteiger partial charge on any atom is 0.0718 e. The highest BCUT2D eigenvalue weighted by atomic mass is 16.6. The normalized spacial score (nSPS) is 11.6. The van der Waals surface area contributed by atoms with Gasteiger partial charge in [-0.1, -0.05) is 95.0 Å². The summed E-state index contributed by atoms with van der Waals surface area (Å²) in [5, 5.41) is 0. The third-order valence-electron chi connectivity index (χ3n) is 8.22. The van der Waals surface area contributed by atoms with Crippen LogP contribution in [0.25, 0.3) is 0 Å². The van der Waals surface area contributed by atoms with Crippen molar-refractivity contribution >= 4 is 0 Å². The minimum absolute atomic E-state index is 0.512. The van der Waals surface area contributed by atoms with Crippen LogP contribution in [0.3, 0.4) is 0 Å². The first-order valence-corrected chi connectivity index (χ1v) is 21.5. The lowest BCUT2D eigenvalue weighted by molar-refractivity contribution is -0.0292. The first kappa shape index (κ1) is 52.7. The molecule has 0 spiro atoms. The fraction of sp³-hybridized carbons (Fsp3) is 0.860. The van der Waals surface area contributed by atoms with E-state index in [0.29, 0.717) is 165 Å². The Kier molecular flexibility index (Phi) is 45.3. The Bertz CT molecular complexity index is 839. The maximum absolute atomic E-state index is 5.66. The maximum atomic E-state index is 5.66. The first-order chi connectivity index (χ1) is 27.9. The highest BCUT2D eigenvalue weighted by Crippen LogP contribution is 2.10. The molecule has 13 heteroatoms. The first-order valence-electron chi connectivity index (χ1n) is 21.5. The molecule has 1 aromatic rings. The molecule has 330 valence electrons. The second kappa shape index (κ2) is 48.1. The van der Waals surface area contributed by atoms with E-state index in [9.17, 15) is 0 Å². The quantitative estimate of drug-likeness (QED) is 0.0684. The highest BCUT2D eigenvalue weighted by molar-refractivity contribution is 5.13. The SMILES string of the molecule is CCCCCCCCCCCCOCCOCCOCCOCCOCCOCCOCCOCCOCCOCCOCCOCCOCc1ccccc1. The third-order valence-corrected chi connectivity index (χ3v) is 8.22. The fourth-order valence-corrected chi connectivity index (χ4v) is 5.09. The van der Waals surface area contributed by atoms with Gasteiger partial charge in [0.05, 0.1) is 165 Å². The monoisotopic (exact) mass is 805 g/mol. The van der Waals surface area contributed by atoms with E-state index in [1.165, 1.54) is 57.8 Å². The molecule has 13 nitrogen and oxygen atoms in total. The Balaban J connectivity index is 1.59. The van der Waals surface area contributed by atoms with E-state index in [-0.39, 0.29) is 0 Å². The van der Waals surface area contributed by atoms with Gasteiger partial charge in [-0.15, -0.1) is 0 Å². The largest absolute Gasteiger partial charge is 0.379 e. The van der Waals surface area contributed by atoms with Crippen molar-refractivity contribution < 1.29 is 61.6 Å². The van der Waals surface area contributed by atoms with Crippen molar-refractivity contribution in [3.63, 3.8) is 0 Å². The van der Waals surface area contributed by atoms with Gasteiger partial charge >= 0.3 is 0 Å². The van der Waals surface area contributed by atoms with Crippen LogP contribution in [0.2, 0.25) is 0 Å². The zero-order valence-electron chi connectivity index (χ0n) is 35.1. The molecule has 0 unspecified atom stereocenters. The Morgan fingerprint density at radius 2 is 0.482 bits per heavy atom. The van der Waals surface area contributed by atoms with E-state index in [1.807, 2.05) is 30.3 Å². The molecular weight excluding hydrogens is 724 g/mol. The Morgan fingerprint density at radius 1 is 0.250 bits per heavy atom. The predicted molar refractivity (Wildman–Crippen MR) is 218 cm³/mol. The third kappa shape index (κ3) is 43.8. The minimum atomic E-state index is 0.512. The van der Waals surface area contributed by atoms with Crippen LogP contribution >= 0.6 is 0 Å². The lowest BCUT2D eigenvalue weighted by Gasteiger charge is -2.09. The van der Waals surface area contributed by atoms with Gasteiger partial charge in [0.25, 0.3) is 0 Å². The Morgan fingerprint density at radius 3 is 0.768 bits per heavy atom. The predicted octanol–water partition coefficient (Wildman–Crippen LogP) is 6.32. The Labute approximate surface area is 339 Å². The van der Waals surface area contributed by atoms with Crippen molar-refractivity contribution in [1.29, 1.82) is 0 Å². The van der Waals surface area contributed by atoms with Crippen LogP contribution in [0.15, 0.2) is 30.3 Å². The number of benzene rings is 1. The lowest BCUT2D eigenvalue weighted by atomic mass is 10.1. The van der Waals surface area contributed by atoms with Crippen LogP contribution in [0.1, 0.15) is 76.7 Å². The molecule has 1 aromatic carbocycles. The van der Waals surface area contributed by atoms with Crippen molar-refractivity contribution in [2.45, 2.75) is 77.7 Å². The minimum Gasteiger partial charge on any atom is -0.379 e. The van der Waals surface area contributed by atoms with Gasteiger partial charge in [-0.25, -0.2) is 0 Å². The number of rotatable bonds is 49. The van der Waals surface area contributed by atoms with E-state index >= 15 is 0 Å². The average Bonchev–Trinajstić information content (AvgIpc) is 3.22. The summed E-state index contributed by atoms with van der Waals surface area (Å²) in [6.07, 6.45) is 13.4. The zero-order valence-corrected chi connectivity index (χ0v) is 35.1. The van der Waals surface area contributed by atoms with E-state index in [4.69, 9.17) is 61.6 Å². The highest BCUT2D eigenvalue weighted by Gasteiger charge is 1.98. The average molecular weight is 805 g/mol. The topological polar surface area (TPSA) is 120 Å². The molecule has 0 amide bonds. The molecule has 0 radical (unpaired) electrons. The second-order valence-corrected chi connectivity index (χ2v) is 13.1. The van der Waals surface area contributed by atoms with Gasteiger partial charge < -0.3 is 61.6 Å². The van der Waals surface area contributed by atoms with Gasteiger partial charge in [0.15, 0.2) is 0 Å². The molecule has 0 N–H and O–H groups in total. The van der Waals surface area contributed by atoms with Crippen LogP contribution in [0, 0.1) is 0 Å². The van der Waals surface area contributed by atoms with E-state index in [1.54, 1.807) is 0 Å². The standard InChI is InChI=1S/C43H80O13/c1-2-3-4-5-6-7-8-9-10-14-17-44-18-19-45-20-21-46-22-23-47-24-25-48-26-27-49-28-29-50-30-31-51-32-33-52-34-35-53-36-37-54-38-39-55-40-41-56-42-43-15-12-11-13-16-43/h11-13,15-16H,2-10,14,17-42H2,1H3. The van der Waals surface area contributed by atoms with Gasteiger partial charge in [0.1, 0.15) is 0 Å². The summed E-state index contributed by atoms with van der Waals surface area (Å²) in [4.78, 5) is 0. The van der Waals surface area contributed by atoms with Crippen LogP contribution < -0.4 is 0 Å². The second-order valence-electron chi connectivity index (χ2n) is 13.1. The van der Waals surface area contributed by atoms with E-state index in [0.717, 1.165) is 18.6 Å². The molecule has 0 saturated heterocycles. The molecule has 56 heavy (non-hydrogen) atoms. The number of ether oxygens (including phenoxy) is 13. The molecular formula is C43H80O13. The van der Waals surface area contributed by atoms with Crippen LogP contribution in [-0.2, 0) is 68.2 Å². The van der Waals surface area contributed by atoms with Gasteiger partial charge in [-0.05, 0) is 12.0 Å². The van der Waals surface area contributed by atoms with Gasteiger partial charge in [0, 0.05) is 6.61 Å². The molecule has 0 aromatic heterocycles. The molecule has 0 bridgehead atoms. The molecule has 0 aliphatic heterocycles. The molecule has 0 atom stereocenters. The molecule has 0 aliphatic carbocycles. The summed E-state index contributed by atoms with van der Waals surface area (Å²) < 4.78 is 71.9. The fourth-order valence-electron chi connectivity index (χ4n) is 5.09. The van der Waals surface area contributed by atoms with Crippen molar-refractivity contribution in [3.05, 3.63) is 35.9 Å². The summed E-state index contributed by atoms with van der Waals surface area (Å²) in [5.74, 6) is 0. The molecule has 0 aliphatic rings. The van der Waals surface area contributed by atoms with Crippen LogP contribution in [0.5, 0.6) is 0 Å². The summed E-state index contributed by atoms with van der Waals surface area (Å²) in [6, 6.07) is 10.1. The zero-order chi connectivity index (χ0) is 39.8. The summed E-state index contributed by atoms with van der Waals surface area (Å²) in [7, 11) is 0. The van der Waals surface area contributed by atoms with Gasteiger partial charge in [-0.2, -0.15) is 0 Å². The molecule has 1 rings (SSSR count). The lowest BCUT2D eigenvalue weighted by Crippen LogP contribution is -2.15.